The van der Waals surface area contributed by atoms with Gasteiger partial charge in [0.15, 0.2) is 0 Å². The van der Waals surface area contributed by atoms with Crippen molar-refractivity contribution >= 4 is 5.95 Å². The molecular weight excluding hydrogens is 176 g/mol. The van der Waals surface area contributed by atoms with Crippen molar-refractivity contribution in [2.45, 2.75) is 19.4 Å². The Morgan fingerprint density at radius 1 is 1.57 bits per heavy atom. The zero-order chi connectivity index (χ0) is 9.97. The van der Waals surface area contributed by atoms with Crippen LogP contribution in [0.1, 0.15) is 18.5 Å². The highest BCUT2D eigenvalue weighted by molar-refractivity contribution is 5.29. The first-order chi connectivity index (χ1) is 6.79. The average molecular weight is 192 g/mol. The molecule has 1 aliphatic carbocycles. The second kappa shape index (κ2) is 3.92. The van der Waals surface area contributed by atoms with Crippen molar-refractivity contribution in [1.29, 1.82) is 0 Å². The Morgan fingerprint density at radius 2 is 2.36 bits per heavy atom. The predicted molar refractivity (Wildman–Crippen MR) is 55.9 cm³/mol. The van der Waals surface area contributed by atoms with Gasteiger partial charge in [-0.2, -0.15) is 0 Å². The summed E-state index contributed by atoms with van der Waals surface area (Å²) in [5, 5.41) is 0. The molecule has 1 aliphatic rings. The minimum absolute atomic E-state index is 0.479. The summed E-state index contributed by atoms with van der Waals surface area (Å²) in [5.74, 6) is 1.64. The van der Waals surface area contributed by atoms with Crippen LogP contribution in [-0.2, 0) is 6.54 Å². The third-order valence-corrected chi connectivity index (χ3v) is 2.48. The molecule has 4 heteroatoms. The number of hydrogen-bond acceptors (Lipinski definition) is 4. The number of rotatable bonds is 4. The van der Waals surface area contributed by atoms with E-state index in [4.69, 9.17) is 5.73 Å². The third kappa shape index (κ3) is 2.20. The Labute approximate surface area is 84.2 Å². The molecule has 0 atom stereocenters. The Kier molecular flexibility index (Phi) is 2.63. The molecule has 2 N–H and O–H groups in total. The molecule has 76 valence electrons. The molecule has 0 bridgehead atoms. The maximum absolute atomic E-state index is 5.52. The molecule has 0 aliphatic heterocycles. The van der Waals surface area contributed by atoms with Crippen molar-refractivity contribution in [3.05, 3.63) is 18.0 Å². The first kappa shape index (κ1) is 9.40. The predicted octanol–water partition coefficient (Wildman–Crippen LogP) is 0.781. The number of anilines is 1. The molecule has 0 unspecified atom stereocenters. The van der Waals surface area contributed by atoms with Gasteiger partial charge in [0.25, 0.3) is 0 Å². The van der Waals surface area contributed by atoms with E-state index >= 15 is 0 Å². The standard InChI is InChI=1S/C10H16N4/c1-14(7-8-2-3-8)10-12-5-4-9(6-11)13-10/h4-5,8H,2-3,6-7,11H2,1H3. The van der Waals surface area contributed by atoms with E-state index in [0.29, 0.717) is 6.54 Å². The summed E-state index contributed by atoms with van der Waals surface area (Å²) in [6.07, 6.45) is 4.47. The van der Waals surface area contributed by atoms with E-state index in [2.05, 4.69) is 14.9 Å². The first-order valence-electron chi connectivity index (χ1n) is 5.02. The van der Waals surface area contributed by atoms with Gasteiger partial charge in [-0.3, -0.25) is 0 Å². The topological polar surface area (TPSA) is 55.0 Å². The van der Waals surface area contributed by atoms with E-state index in [0.717, 1.165) is 24.1 Å². The van der Waals surface area contributed by atoms with Crippen LogP contribution in [0.25, 0.3) is 0 Å². The molecule has 0 amide bonds. The van der Waals surface area contributed by atoms with Gasteiger partial charge in [-0.15, -0.1) is 0 Å². The van der Waals surface area contributed by atoms with Gasteiger partial charge in [0.1, 0.15) is 0 Å². The summed E-state index contributed by atoms with van der Waals surface area (Å²) < 4.78 is 0. The number of nitrogens with two attached hydrogens (primary N) is 1. The van der Waals surface area contributed by atoms with Crippen LogP contribution in [-0.4, -0.2) is 23.6 Å². The van der Waals surface area contributed by atoms with Crippen molar-refractivity contribution in [2.24, 2.45) is 11.7 Å². The second-order valence-electron chi connectivity index (χ2n) is 3.88. The zero-order valence-corrected chi connectivity index (χ0v) is 8.48. The van der Waals surface area contributed by atoms with Gasteiger partial charge in [-0.05, 0) is 24.8 Å². The van der Waals surface area contributed by atoms with Gasteiger partial charge in [-0.25, -0.2) is 9.97 Å². The van der Waals surface area contributed by atoms with Gasteiger partial charge >= 0.3 is 0 Å². The Hall–Kier alpha value is -1.16. The third-order valence-electron chi connectivity index (χ3n) is 2.48. The summed E-state index contributed by atoms with van der Waals surface area (Å²) >= 11 is 0. The quantitative estimate of drug-likeness (QED) is 0.766. The maximum Gasteiger partial charge on any atom is 0.225 e. The van der Waals surface area contributed by atoms with Crippen molar-refractivity contribution in [3.8, 4) is 0 Å². The minimum Gasteiger partial charge on any atom is -0.344 e. The lowest BCUT2D eigenvalue weighted by Crippen LogP contribution is -2.22. The zero-order valence-electron chi connectivity index (χ0n) is 8.48. The first-order valence-corrected chi connectivity index (χ1v) is 5.02. The molecule has 1 saturated carbocycles. The minimum atomic E-state index is 0.479. The lowest BCUT2D eigenvalue weighted by atomic mass is 10.4. The van der Waals surface area contributed by atoms with Gasteiger partial charge in [0.05, 0.1) is 5.69 Å². The van der Waals surface area contributed by atoms with Crippen LogP contribution in [0.15, 0.2) is 12.3 Å². The molecule has 14 heavy (non-hydrogen) atoms. The maximum atomic E-state index is 5.52. The van der Waals surface area contributed by atoms with Crippen molar-refractivity contribution in [1.82, 2.24) is 9.97 Å². The van der Waals surface area contributed by atoms with Crippen molar-refractivity contribution < 1.29 is 0 Å². The highest BCUT2D eigenvalue weighted by Gasteiger charge is 2.23. The largest absolute Gasteiger partial charge is 0.344 e. The molecular formula is C10H16N4. The summed E-state index contributed by atoms with van der Waals surface area (Å²) in [6, 6.07) is 1.86. The highest BCUT2D eigenvalue weighted by atomic mass is 15.2. The monoisotopic (exact) mass is 192 g/mol. The Morgan fingerprint density at radius 3 is 3.00 bits per heavy atom. The van der Waals surface area contributed by atoms with Crippen molar-refractivity contribution in [3.63, 3.8) is 0 Å². The number of hydrogen-bond donors (Lipinski definition) is 1. The van der Waals surface area contributed by atoms with E-state index in [1.165, 1.54) is 12.8 Å². The molecule has 1 aromatic heterocycles. The van der Waals surface area contributed by atoms with Crippen LogP contribution in [0.5, 0.6) is 0 Å². The van der Waals surface area contributed by atoms with Crippen LogP contribution < -0.4 is 10.6 Å². The fourth-order valence-corrected chi connectivity index (χ4v) is 1.45. The Balaban J connectivity index is 2.05. The van der Waals surface area contributed by atoms with Crippen LogP contribution in [0, 0.1) is 5.92 Å². The second-order valence-corrected chi connectivity index (χ2v) is 3.88. The van der Waals surface area contributed by atoms with E-state index in [1.54, 1.807) is 6.20 Å². The SMILES string of the molecule is CN(CC1CC1)c1nccc(CN)n1. The van der Waals surface area contributed by atoms with Gasteiger partial charge in [0, 0.05) is 26.3 Å². The smallest absolute Gasteiger partial charge is 0.225 e. The van der Waals surface area contributed by atoms with Gasteiger partial charge in [-0.1, -0.05) is 0 Å². The molecule has 2 rings (SSSR count). The van der Waals surface area contributed by atoms with Crippen LogP contribution >= 0.6 is 0 Å². The van der Waals surface area contributed by atoms with Gasteiger partial charge in [0.2, 0.25) is 5.95 Å². The summed E-state index contributed by atoms with van der Waals surface area (Å²) in [5.41, 5.74) is 6.42. The molecule has 1 aromatic rings. The fourth-order valence-electron chi connectivity index (χ4n) is 1.45. The van der Waals surface area contributed by atoms with E-state index < -0.39 is 0 Å². The number of nitrogens with zero attached hydrogens (tertiary/aromatic N) is 3. The normalized spacial score (nSPS) is 15.6. The van der Waals surface area contributed by atoms with Crippen molar-refractivity contribution in [2.75, 3.05) is 18.5 Å². The van der Waals surface area contributed by atoms with Crippen LogP contribution in [0.3, 0.4) is 0 Å². The molecule has 0 aromatic carbocycles. The van der Waals surface area contributed by atoms with E-state index in [1.807, 2.05) is 13.1 Å². The highest BCUT2D eigenvalue weighted by Crippen LogP contribution is 2.29. The van der Waals surface area contributed by atoms with E-state index in [-0.39, 0.29) is 0 Å². The summed E-state index contributed by atoms with van der Waals surface area (Å²) in [4.78, 5) is 10.7. The van der Waals surface area contributed by atoms with E-state index in [9.17, 15) is 0 Å². The summed E-state index contributed by atoms with van der Waals surface area (Å²) in [7, 11) is 2.04. The lowest BCUT2D eigenvalue weighted by molar-refractivity contribution is 0.758. The average Bonchev–Trinajstić information content (AvgIpc) is 3.02. The molecule has 1 fully saturated rings. The lowest BCUT2D eigenvalue weighted by Gasteiger charge is -2.16. The Bertz CT molecular complexity index is 309. The summed E-state index contributed by atoms with van der Waals surface area (Å²) in [6.45, 7) is 1.54. The molecule has 4 nitrogen and oxygen atoms in total. The fraction of sp³-hybridized carbons (Fsp3) is 0.600. The molecule has 1 heterocycles. The molecule has 0 saturated heterocycles. The number of aromatic nitrogens is 2. The van der Waals surface area contributed by atoms with Crippen LogP contribution in [0.4, 0.5) is 5.95 Å². The van der Waals surface area contributed by atoms with Gasteiger partial charge < -0.3 is 10.6 Å². The molecule has 0 radical (unpaired) electrons. The van der Waals surface area contributed by atoms with Crippen LogP contribution in [0.2, 0.25) is 0 Å². The molecule has 0 spiro atoms.